The van der Waals surface area contributed by atoms with Crippen molar-refractivity contribution in [3.05, 3.63) is 87.7 Å². The van der Waals surface area contributed by atoms with E-state index in [1.807, 2.05) is 6.07 Å². The molecule has 1 aliphatic rings. The van der Waals surface area contributed by atoms with Crippen molar-refractivity contribution >= 4 is 0 Å². The Hall–Kier alpha value is -2.81. The fraction of sp³-hybridized carbons (Fsp3) is 0.261. The van der Waals surface area contributed by atoms with Gasteiger partial charge in [0, 0.05) is 24.2 Å². The molecule has 0 amide bonds. The van der Waals surface area contributed by atoms with E-state index in [1.165, 1.54) is 27.8 Å². The van der Waals surface area contributed by atoms with Gasteiger partial charge in [0.2, 0.25) is 6.79 Å². The summed E-state index contributed by atoms with van der Waals surface area (Å²) in [5.74, 6) is 1.65. The van der Waals surface area contributed by atoms with Crippen LogP contribution >= 0.6 is 0 Å². The molecule has 2 heterocycles. The zero-order valence-electron chi connectivity index (χ0n) is 15.5. The number of benzene rings is 2. The van der Waals surface area contributed by atoms with Crippen LogP contribution in [0.5, 0.6) is 11.5 Å². The summed E-state index contributed by atoms with van der Waals surface area (Å²) in [5.41, 5.74) is 8.69. The summed E-state index contributed by atoms with van der Waals surface area (Å²) in [4.78, 5) is 5.04. The highest BCUT2D eigenvalue weighted by atomic mass is 16.7. The van der Waals surface area contributed by atoms with Crippen molar-refractivity contribution in [2.75, 3.05) is 6.79 Å². The highest BCUT2D eigenvalue weighted by molar-refractivity contribution is 5.47. The molecule has 0 N–H and O–H groups in total. The zero-order chi connectivity index (χ0) is 18.1. The van der Waals surface area contributed by atoms with Crippen molar-refractivity contribution in [3.63, 3.8) is 0 Å². The topological polar surface area (TPSA) is 31.4 Å². The van der Waals surface area contributed by atoms with Crippen molar-refractivity contribution in [1.82, 2.24) is 4.98 Å². The highest BCUT2D eigenvalue weighted by Gasteiger charge is 2.16. The van der Waals surface area contributed by atoms with Gasteiger partial charge in [-0.25, -0.2) is 0 Å². The summed E-state index contributed by atoms with van der Waals surface area (Å²) in [6, 6.07) is 16.7. The van der Waals surface area contributed by atoms with Crippen LogP contribution in [0.15, 0.2) is 48.5 Å². The third-order valence-corrected chi connectivity index (χ3v) is 5.28. The molecule has 2 aromatic carbocycles. The summed E-state index contributed by atoms with van der Waals surface area (Å²) < 4.78 is 10.9. The van der Waals surface area contributed by atoms with Crippen LogP contribution in [-0.4, -0.2) is 11.8 Å². The number of aromatic nitrogens is 1. The number of hydrogen-bond acceptors (Lipinski definition) is 3. The van der Waals surface area contributed by atoms with Crippen molar-refractivity contribution in [3.8, 4) is 11.5 Å². The van der Waals surface area contributed by atoms with Gasteiger partial charge in [-0.3, -0.25) is 4.98 Å². The van der Waals surface area contributed by atoms with Crippen molar-refractivity contribution in [1.29, 1.82) is 0 Å². The molecular weight excluding hydrogens is 322 g/mol. The summed E-state index contributed by atoms with van der Waals surface area (Å²) >= 11 is 0. The van der Waals surface area contributed by atoms with Gasteiger partial charge < -0.3 is 9.47 Å². The van der Waals surface area contributed by atoms with E-state index in [0.29, 0.717) is 6.79 Å². The molecule has 0 atom stereocenters. The zero-order valence-corrected chi connectivity index (χ0v) is 15.5. The molecule has 0 fully saturated rings. The molecule has 0 unspecified atom stereocenters. The van der Waals surface area contributed by atoms with Crippen LogP contribution in [0.2, 0.25) is 0 Å². The summed E-state index contributed by atoms with van der Waals surface area (Å²) in [6.45, 7) is 6.85. The maximum Gasteiger partial charge on any atom is 0.231 e. The van der Waals surface area contributed by atoms with Gasteiger partial charge in [-0.2, -0.15) is 0 Å². The van der Waals surface area contributed by atoms with E-state index in [4.69, 9.17) is 14.5 Å². The van der Waals surface area contributed by atoms with Gasteiger partial charge >= 0.3 is 0 Å². The Balaban J connectivity index is 1.67. The van der Waals surface area contributed by atoms with Gasteiger partial charge in [-0.15, -0.1) is 0 Å². The first-order chi connectivity index (χ1) is 12.6. The van der Waals surface area contributed by atoms with Crippen LogP contribution in [0.25, 0.3) is 0 Å². The van der Waals surface area contributed by atoms with Crippen LogP contribution in [0.3, 0.4) is 0 Å². The Kier molecular flexibility index (Phi) is 4.37. The molecule has 4 rings (SSSR count). The number of fused-ring (bicyclic) bond motifs is 1. The van der Waals surface area contributed by atoms with E-state index in [2.05, 4.69) is 63.2 Å². The molecule has 132 valence electrons. The van der Waals surface area contributed by atoms with E-state index < -0.39 is 0 Å². The molecule has 0 radical (unpaired) electrons. The van der Waals surface area contributed by atoms with Gasteiger partial charge in [0.15, 0.2) is 11.5 Å². The number of ether oxygens (including phenoxy) is 2. The second-order valence-electron chi connectivity index (χ2n) is 6.91. The van der Waals surface area contributed by atoms with Gasteiger partial charge in [0.1, 0.15) is 0 Å². The molecule has 0 saturated carbocycles. The quantitative estimate of drug-likeness (QED) is 0.673. The van der Waals surface area contributed by atoms with E-state index in [9.17, 15) is 0 Å². The fourth-order valence-corrected chi connectivity index (χ4v) is 3.42. The summed E-state index contributed by atoms with van der Waals surface area (Å²) in [5, 5.41) is 0. The molecule has 3 aromatic rings. The Morgan fingerprint density at radius 3 is 2.12 bits per heavy atom. The first kappa shape index (κ1) is 16.6. The molecule has 1 aromatic heterocycles. The minimum atomic E-state index is 0.306. The van der Waals surface area contributed by atoms with E-state index >= 15 is 0 Å². The molecule has 1 aliphatic heterocycles. The standard InChI is InChI=1S/C23H23NO2/c1-15-16(2)20(11-18-7-5-4-6-8-18)24-21(17(15)3)12-19-9-10-22-23(13-19)26-14-25-22/h4-10,13H,11-12,14H2,1-3H3. The lowest BCUT2D eigenvalue weighted by Gasteiger charge is -2.16. The molecule has 0 bridgehead atoms. The molecule has 3 heteroatoms. The Labute approximate surface area is 154 Å². The Morgan fingerprint density at radius 1 is 0.731 bits per heavy atom. The second-order valence-corrected chi connectivity index (χ2v) is 6.91. The van der Waals surface area contributed by atoms with Crippen molar-refractivity contribution in [2.45, 2.75) is 33.6 Å². The molecule has 0 saturated heterocycles. The van der Waals surface area contributed by atoms with Crippen molar-refractivity contribution < 1.29 is 9.47 Å². The molecule has 3 nitrogen and oxygen atoms in total. The smallest absolute Gasteiger partial charge is 0.231 e. The van der Waals surface area contributed by atoms with Crippen LogP contribution in [-0.2, 0) is 12.8 Å². The second kappa shape index (κ2) is 6.83. The van der Waals surface area contributed by atoms with E-state index in [0.717, 1.165) is 35.7 Å². The molecule has 0 spiro atoms. The predicted octanol–water partition coefficient (Wildman–Crippen LogP) is 4.92. The Bertz CT molecular complexity index is 948. The highest BCUT2D eigenvalue weighted by Crippen LogP contribution is 2.33. The lowest BCUT2D eigenvalue weighted by Crippen LogP contribution is -2.07. The van der Waals surface area contributed by atoms with Crippen LogP contribution in [0.4, 0.5) is 0 Å². The van der Waals surface area contributed by atoms with Gasteiger partial charge in [0.25, 0.3) is 0 Å². The Morgan fingerprint density at radius 2 is 1.38 bits per heavy atom. The van der Waals surface area contributed by atoms with Crippen LogP contribution in [0.1, 0.15) is 39.2 Å². The largest absolute Gasteiger partial charge is 0.454 e. The minimum Gasteiger partial charge on any atom is -0.454 e. The molecule has 0 aliphatic carbocycles. The van der Waals surface area contributed by atoms with E-state index in [1.54, 1.807) is 0 Å². The lowest BCUT2D eigenvalue weighted by molar-refractivity contribution is 0.174. The van der Waals surface area contributed by atoms with Crippen LogP contribution in [0, 0.1) is 20.8 Å². The van der Waals surface area contributed by atoms with Gasteiger partial charge in [0.05, 0.1) is 0 Å². The summed E-state index contributed by atoms with van der Waals surface area (Å²) in [6.07, 6.45) is 1.66. The van der Waals surface area contributed by atoms with Gasteiger partial charge in [-0.05, 0) is 60.7 Å². The maximum absolute atomic E-state index is 5.51. The maximum atomic E-state index is 5.51. The minimum absolute atomic E-state index is 0.306. The summed E-state index contributed by atoms with van der Waals surface area (Å²) in [7, 11) is 0. The first-order valence-corrected chi connectivity index (χ1v) is 9.00. The van der Waals surface area contributed by atoms with Crippen molar-refractivity contribution in [2.24, 2.45) is 0 Å². The number of nitrogens with zero attached hydrogens (tertiary/aromatic N) is 1. The SMILES string of the molecule is Cc1c(Cc2ccccc2)nc(Cc2ccc3c(c2)OCO3)c(C)c1C. The number of rotatable bonds is 4. The molecular formula is C23H23NO2. The fourth-order valence-electron chi connectivity index (χ4n) is 3.42. The van der Waals surface area contributed by atoms with Crippen LogP contribution < -0.4 is 9.47 Å². The molecule has 26 heavy (non-hydrogen) atoms. The lowest BCUT2D eigenvalue weighted by atomic mass is 9.95. The number of pyridine rings is 1. The average Bonchev–Trinajstić information content (AvgIpc) is 3.12. The van der Waals surface area contributed by atoms with E-state index in [-0.39, 0.29) is 0 Å². The third kappa shape index (κ3) is 3.17. The monoisotopic (exact) mass is 345 g/mol. The number of hydrogen-bond donors (Lipinski definition) is 0. The predicted molar refractivity (Wildman–Crippen MR) is 103 cm³/mol. The third-order valence-electron chi connectivity index (χ3n) is 5.28. The van der Waals surface area contributed by atoms with Gasteiger partial charge in [-0.1, -0.05) is 36.4 Å². The average molecular weight is 345 g/mol. The first-order valence-electron chi connectivity index (χ1n) is 9.00. The normalized spacial score (nSPS) is 12.4.